The largest absolute Gasteiger partial charge is 0.495 e. The van der Waals surface area contributed by atoms with Gasteiger partial charge < -0.3 is 9.64 Å². The Morgan fingerprint density at radius 1 is 1.07 bits per heavy atom. The lowest BCUT2D eigenvalue weighted by atomic mass is 9.52. The first-order valence-corrected chi connectivity index (χ1v) is 12.4. The van der Waals surface area contributed by atoms with Gasteiger partial charge in [-0.25, -0.2) is 8.42 Å². The minimum Gasteiger partial charge on any atom is -0.495 e. The van der Waals surface area contributed by atoms with Crippen LogP contribution < -0.4 is 9.64 Å². The van der Waals surface area contributed by atoms with Gasteiger partial charge in [-0.3, -0.25) is 0 Å². The molecule has 0 atom stereocenters. The molecule has 5 fully saturated rings. The number of sulfonamides is 1. The zero-order chi connectivity index (χ0) is 19.5. The molecule has 1 saturated heterocycles. The van der Waals surface area contributed by atoms with Crippen LogP contribution in [0.3, 0.4) is 0 Å². The quantitative estimate of drug-likeness (QED) is 0.804. The summed E-state index contributed by atoms with van der Waals surface area (Å²) in [5.74, 6) is 3.14. The van der Waals surface area contributed by atoms with Crippen LogP contribution in [0.5, 0.6) is 5.75 Å². The van der Waals surface area contributed by atoms with Gasteiger partial charge in [-0.1, -0.05) is 11.6 Å². The molecule has 4 bridgehead atoms. The van der Waals surface area contributed by atoms with Crippen LogP contribution in [0.15, 0.2) is 23.1 Å². The van der Waals surface area contributed by atoms with Crippen LogP contribution in [0, 0.1) is 17.8 Å². The van der Waals surface area contributed by atoms with Gasteiger partial charge in [-0.05, 0) is 55.2 Å². The Kier molecular flexibility index (Phi) is 4.70. The lowest BCUT2D eigenvalue weighted by Gasteiger charge is -2.59. The first kappa shape index (κ1) is 19.2. The van der Waals surface area contributed by atoms with Gasteiger partial charge in [0.1, 0.15) is 10.6 Å². The van der Waals surface area contributed by atoms with E-state index in [1.807, 2.05) is 0 Å². The monoisotopic (exact) mass is 425 g/mol. The van der Waals surface area contributed by atoms with Crippen LogP contribution in [-0.2, 0) is 10.0 Å². The van der Waals surface area contributed by atoms with Gasteiger partial charge in [0.15, 0.2) is 0 Å². The number of methoxy groups -OCH3 is 1. The third-order valence-corrected chi connectivity index (χ3v) is 10.0. The highest BCUT2D eigenvalue weighted by atomic mass is 35.5. The van der Waals surface area contributed by atoms with Gasteiger partial charge >= 0.3 is 0 Å². The molecule has 154 valence electrons. The number of benzene rings is 1. The second-order valence-corrected chi connectivity index (χ2v) is 11.8. The molecule has 1 heterocycles. The molecule has 1 N–H and O–H groups in total. The Morgan fingerprint density at radius 3 is 2.18 bits per heavy atom. The number of rotatable bonds is 4. The number of piperazine rings is 1. The molecule has 7 heteroatoms. The minimum atomic E-state index is -3.60. The summed E-state index contributed by atoms with van der Waals surface area (Å²) < 4.78 is 33.4. The van der Waals surface area contributed by atoms with Crippen LogP contribution in [0.25, 0.3) is 0 Å². The number of ether oxygens (including phenoxy) is 1. The van der Waals surface area contributed by atoms with Crippen molar-refractivity contribution in [2.45, 2.75) is 49.0 Å². The van der Waals surface area contributed by atoms with Crippen molar-refractivity contribution in [2.24, 2.45) is 17.8 Å². The van der Waals surface area contributed by atoms with E-state index in [1.165, 1.54) is 51.7 Å². The van der Waals surface area contributed by atoms with Gasteiger partial charge in [0.25, 0.3) is 0 Å². The van der Waals surface area contributed by atoms with Crippen LogP contribution in [0.1, 0.15) is 38.5 Å². The summed E-state index contributed by atoms with van der Waals surface area (Å²) in [6, 6.07) is 4.80. The number of halogens is 1. The van der Waals surface area contributed by atoms with Gasteiger partial charge in [0.05, 0.1) is 38.8 Å². The molecule has 5 aliphatic rings. The first-order chi connectivity index (χ1) is 13.4. The van der Waals surface area contributed by atoms with E-state index in [2.05, 4.69) is 0 Å². The number of hydrogen-bond donors (Lipinski definition) is 1. The second kappa shape index (κ2) is 6.86. The van der Waals surface area contributed by atoms with Gasteiger partial charge in [-0.15, -0.1) is 0 Å². The van der Waals surface area contributed by atoms with Crippen LogP contribution in [-0.4, -0.2) is 51.6 Å². The summed E-state index contributed by atoms with van der Waals surface area (Å²) in [5.41, 5.74) is 0.429. The fourth-order valence-electron chi connectivity index (χ4n) is 7.06. The maximum absolute atomic E-state index is 13.3. The van der Waals surface area contributed by atoms with Gasteiger partial charge in [0.2, 0.25) is 10.0 Å². The van der Waals surface area contributed by atoms with Crippen molar-refractivity contribution in [1.82, 2.24) is 4.31 Å². The minimum absolute atomic E-state index is 0.181. The molecule has 4 aliphatic carbocycles. The predicted octanol–water partition coefficient (Wildman–Crippen LogP) is 2.21. The Balaban J connectivity index is 1.33. The van der Waals surface area contributed by atoms with E-state index in [0.717, 1.165) is 30.8 Å². The number of hydrogen-bond acceptors (Lipinski definition) is 3. The van der Waals surface area contributed by atoms with Crippen molar-refractivity contribution in [3.63, 3.8) is 0 Å². The summed E-state index contributed by atoms with van der Waals surface area (Å²) in [7, 11) is -2.10. The lowest BCUT2D eigenvalue weighted by Crippen LogP contribution is -3.23. The van der Waals surface area contributed by atoms with Crippen LogP contribution in [0.4, 0.5) is 0 Å². The standard InChI is InChI=1S/C21H29ClN2O3S/c1-27-19-3-2-18(22)11-20(19)28(25,26)24-6-4-23(5-7-24)21-12-15-8-16(13-21)10-17(9-15)14-21/h2-3,11,15-17H,4-10,12-14H2,1H3/p+1. The molecule has 1 aromatic rings. The second-order valence-electron chi connectivity index (χ2n) is 9.50. The Labute approximate surface area is 173 Å². The van der Waals surface area contributed by atoms with Crippen LogP contribution in [0.2, 0.25) is 5.02 Å². The van der Waals surface area contributed by atoms with Crippen molar-refractivity contribution >= 4 is 21.6 Å². The zero-order valence-corrected chi connectivity index (χ0v) is 18.1. The van der Waals surface area contributed by atoms with E-state index in [9.17, 15) is 8.42 Å². The Hall–Kier alpha value is -0.820. The van der Waals surface area contributed by atoms with E-state index in [1.54, 1.807) is 21.3 Å². The number of quaternary nitrogens is 1. The molecule has 28 heavy (non-hydrogen) atoms. The summed E-state index contributed by atoms with van der Waals surface area (Å²) in [6.45, 7) is 2.98. The predicted molar refractivity (Wildman–Crippen MR) is 108 cm³/mol. The van der Waals surface area contributed by atoms with Crippen molar-refractivity contribution < 1.29 is 18.1 Å². The smallest absolute Gasteiger partial charge is 0.247 e. The van der Waals surface area contributed by atoms with Crippen molar-refractivity contribution in [1.29, 1.82) is 0 Å². The highest BCUT2D eigenvalue weighted by Crippen LogP contribution is 2.54. The van der Waals surface area contributed by atoms with Gasteiger partial charge in [-0.2, -0.15) is 4.31 Å². The van der Waals surface area contributed by atoms with Crippen molar-refractivity contribution in [3.8, 4) is 5.75 Å². The third-order valence-electron chi connectivity index (χ3n) is 7.86. The Morgan fingerprint density at radius 2 is 1.64 bits per heavy atom. The summed E-state index contributed by atoms with van der Waals surface area (Å²) in [6.07, 6.45) is 8.43. The fraction of sp³-hybridized carbons (Fsp3) is 0.714. The Bertz CT molecular complexity index is 829. The van der Waals surface area contributed by atoms with Gasteiger partial charge in [0, 0.05) is 24.3 Å². The lowest BCUT2D eigenvalue weighted by molar-refractivity contribution is -0.962. The van der Waals surface area contributed by atoms with Crippen molar-refractivity contribution in [3.05, 3.63) is 23.2 Å². The molecular weight excluding hydrogens is 396 g/mol. The molecule has 1 aromatic carbocycles. The molecule has 0 spiro atoms. The zero-order valence-electron chi connectivity index (χ0n) is 16.5. The van der Waals surface area contributed by atoms with E-state index in [-0.39, 0.29) is 4.90 Å². The summed E-state index contributed by atoms with van der Waals surface area (Å²) in [4.78, 5) is 1.84. The summed E-state index contributed by atoms with van der Waals surface area (Å²) >= 11 is 6.08. The van der Waals surface area contributed by atoms with Crippen molar-refractivity contribution in [2.75, 3.05) is 33.3 Å². The first-order valence-electron chi connectivity index (χ1n) is 10.6. The highest BCUT2D eigenvalue weighted by Gasteiger charge is 2.56. The SMILES string of the molecule is COc1ccc(Cl)cc1S(=O)(=O)N1CC[NH+](C23CC4CC(CC(C4)C2)C3)CC1. The maximum atomic E-state index is 13.3. The van der Waals surface area contributed by atoms with E-state index >= 15 is 0 Å². The average Bonchev–Trinajstić information content (AvgIpc) is 2.67. The summed E-state index contributed by atoms with van der Waals surface area (Å²) in [5, 5.41) is 0.414. The maximum Gasteiger partial charge on any atom is 0.247 e. The molecular formula is C21H30ClN2O3S+. The highest BCUT2D eigenvalue weighted by molar-refractivity contribution is 7.89. The van der Waals surface area contributed by atoms with E-state index in [0.29, 0.717) is 29.4 Å². The number of nitrogens with zero attached hydrogens (tertiary/aromatic N) is 1. The molecule has 4 saturated carbocycles. The molecule has 0 unspecified atom stereocenters. The molecule has 0 amide bonds. The normalized spacial score (nSPS) is 36.0. The third kappa shape index (κ3) is 3.08. The van der Waals surface area contributed by atoms with E-state index in [4.69, 9.17) is 16.3 Å². The molecule has 0 radical (unpaired) electrons. The molecule has 0 aromatic heterocycles. The average molecular weight is 426 g/mol. The molecule has 1 aliphatic heterocycles. The molecule has 5 nitrogen and oxygen atoms in total. The fourth-order valence-corrected chi connectivity index (χ4v) is 8.92. The van der Waals surface area contributed by atoms with Crippen LogP contribution >= 0.6 is 11.6 Å². The molecule has 6 rings (SSSR count). The van der Waals surface area contributed by atoms with E-state index < -0.39 is 10.0 Å². The topological polar surface area (TPSA) is 51.1 Å². The number of nitrogens with one attached hydrogen (secondary N) is 1.